The van der Waals surface area contributed by atoms with Crippen LogP contribution in [0.5, 0.6) is 0 Å². The van der Waals surface area contributed by atoms with E-state index in [9.17, 15) is 4.79 Å². The van der Waals surface area contributed by atoms with Crippen molar-refractivity contribution in [3.8, 4) is 0 Å². The fraction of sp³-hybridized carbons (Fsp3) is 0.417. The maximum absolute atomic E-state index is 11.7. The van der Waals surface area contributed by atoms with Gasteiger partial charge in [-0.2, -0.15) is 0 Å². The first-order valence-corrected chi connectivity index (χ1v) is 6.16. The predicted octanol–water partition coefficient (Wildman–Crippen LogP) is 2.12. The maximum Gasteiger partial charge on any atom is 0.240 e. The van der Waals surface area contributed by atoms with Crippen LogP contribution < -0.4 is 11.1 Å². The van der Waals surface area contributed by atoms with Crippen LogP contribution in [0.4, 0.5) is 0 Å². The second kappa shape index (κ2) is 4.18. The number of rotatable bonds is 3. The molecule has 4 heteroatoms. The molecule has 0 aliphatic heterocycles. The zero-order valence-electron chi connectivity index (χ0n) is 9.16. The molecule has 0 saturated heterocycles. The first-order valence-electron chi connectivity index (χ1n) is 5.36. The summed E-state index contributed by atoms with van der Waals surface area (Å²) >= 11 is 3.38. The van der Waals surface area contributed by atoms with Crippen molar-refractivity contribution in [2.24, 2.45) is 5.73 Å². The van der Waals surface area contributed by atoms with Crippen molar-refractivity contribution < 1.29 is 4.79 Å². The number of nitrogens with one attached hydrogen (secondary N) is 1. The molecule has 0 aromatic heterocycles. The van der Waals surface area contributed by atoms with Gasteiger partial charge >= 0.3 is 0 Å². The van der Waals surface area contributed by atoms with Gasteiger partial charge in [-0.1, -0.05) is 28.1 Å². The summed E-state index contributed by atoms with van der Waals surface area (Å²) in [5, 5.41) is 2.94. The second-order valence-corrected chi connectivity index (χ2v) is 5.32. The molecule has 86 valence electrons. The molecule has 1 saturated carbocycles. The van der Waals surface area contributed by atoms with Crippen molar-refractivity contribution in [2.75, 3.05) is 0 Å². The van der Waals surface area contributed by atoms with E-state index in [1.807, 2.05) is 31.2 Å². The fourth-order valence-corrected chi connectivity index (χ4v) is 1.80. The summed E-state index contributed by atoms with van der Waals surface area (Å²) in [5.41, 5.74) is 6.31. The standard InChI is InChI=1S/C12H15BrN2O/c1-8(9-2-4-10(13)5-3-9)15-11(16)12(14)6-7-12/h2-5,8H,6-7,14H2,1H3,(H,15,16)/t8-/m1/s1. The number of halogens is 1. The predicted molar refractivity (Wildman–Crippen MR) is 66.9 cm³/mol. The number of amides is 1. The van der Waals surface area contributed by atoms with Crippen LogP contribution in [0.3, 0.4) is 0 Å². The zero-order valence-corrected chi connectivity index (χ0v) is 10.8. The van der Waals surface area contributed by atoms with Crippen LogP contribution >= 0.6 is 15.9 Å². The number of hydrogen-bond donors (Lipinski definition) is 2. The third-order valence-corrected chi connectivity index (χ3v) is 3.49. The van der Waals surface area contributed by atoms with Crippen molar-refractivity contribution in [3.05, 3.63) is 34.3 Å². The van der Waals surface area contributed by atoms with Gasteiger partial charge in [0.2, 0.25) is 5.91 Å². The molecule has 1 amide bonds. The van der Waals surface area contributed by atoms with Gasteiger partial charge in [0, 0.05) is 4.47 Å². The summed E-state index contributed by atoms with van der Waals surface area (Å²) in [4.78, 5) is 11.7. The van der Waals surface area contributed by atoms with E-state index in [-0.39, 0.29) is 11.9 Å². The Bertz CT molecular complexity index is 398. The van der Waals surface area contributed by atoms with Crippen LogP contribution in [-0.4, -0.2) is 11.4 Å². The SMILES string of the molecule is C[C@@H](NC(=O)C1(N)CC1)c1ccc(Br)cc1. The molecular weight excluding hydrogens is 268 g/mol. The molecule has 1 aliphatic rings. The number of carbonyl (C=O) groups is 1. The number of benzene rings is 1. The highest BCUT2D eigenvalue weighted by molar-refractivity contribution is 9.10. The lowest BCUT2D eigenvalue weighted by atomic mass is 10.1. The molecule has 1 fully saturated rings. The summed E-state index contributed by atoms with van der Waals surface area (Å²) in [6, 6.07) is 7.92. The Morgan fingerprint density at radius 2 is 2.00 bits per heavy atom. The summed E-state index contributed by atoms with van der Waals surface area (Å²) < 4.78 is 1.03. The lowest BCUT2D eigenvalue weighted by Gasteiger charge is -2.17. The molecule has 1 aliphatic carbocycles. The van der Waals surface area contributed by atoms with Gasteiger partial charge in [0.05, 0.1) is 11.6 Å². The molecule has 0 heterocycles. The van der Waals surface area contributed by atoms with Crippen molar-refractivity contribution in [1.29, 1.82) is 0 Å². The van der Waals surface area contributed by atoms with E-state index in [1.165, 1.54) is 0 Å². The van der Waals surface area contributed by atoms with Crippen LogP contribution in [0.1, 0.15) is 31.4 Å². The maximum atomic E-state index is 11.7. The Labute approximate surface area is 104 Å². The number of nitrogens with two attached hydrogens (primary N) is 1. The van der Waals surface area contributed by atoms with E-state index >= 15 is 0 Å². The van der Waals surface area contributed by atoms with E-state index in [2.05, 4.69) is 21.2 Å². The van der Waals surface area contributed by atoms with Gasteiger partial charge < -0.3 is 11.1 Å². The minimum Gasteiger partial charge on any atom is -0.348 e. The van der Waals surface area contributed by atoms with Gasteiger partial charge in [-0.3, -0.25) is 4.79 Å². The van der Waals surface area contributed by atoms with Gasteiger partial charge in [0.1, 0.15) is 0 Å². The quantitative estimate of drug-likeness (QED) is 0.892. The van der Waals surface area contributed by atoms with Crippen LogP contribution in [-0.2, 0) is 4.79 Å². The molecule has 1 aromatic rings. The number of hydrogen-bond acceptors (Lipinski definition) is 2. The molecule has 1 aromatic carbocycles. The molecule has 16 heavy (non-hydrogen) atoms. The highest BCUT2D eigenvalue weighted by atomic mass is 79.9. The molecule has 0 radical (unpaired) electrons. The third-order valence-electron chi connectivity index (χ3n) is 2.96. The van der Waals surface area contributed by atoms with E-state index in [1.54, 1.807) is 0 Å². The molecular formula is C12H15BrN2O. The summed E-state index contributed by atoms with van der Waals surface area (Å²) in [5.74, 6) is -0.0390. The second-order valence-electron chi connectivity index (χ2n) is 4.40. The lowest BCUT2D eigenvalue weighted by molar-refractivity contribution is -0.123. The van der Waals surface area contributed by atoms with Crippen LogP contribution in [0.15, 0.2) is 28.7 Å². The molecule has 0 unspecified atom stereocenters. The minimum atomic E-state index is -0.594. The highest BCUT2D eigenvalue weighted by Crippen LogP contribution is 2.32. The van der Waals surface area contributed by atoms with Crippen molar-refractivity contribution >= 4 is 21.8 Å². The summed E-state index contributed by atoms with van der Waals surface area (Å²) in [7, 11) is 0. The largest absolute Gasteiger partial charge is 0.348 e. The average molecular weight is 283 g/mol. The topological polar surface area (TPSA) is 55.1 Å². The van der Waals surface area contributed by atoms with E-state index in [4.69, 9.17) is 5.73 Å². The average Bonchev–Trinajstić information content (AvgIpc) is 2.99. The van der Waals surface area contributed by atoms with Crippen molar-refractivity contribution in [1.82, 2.24) is 5.32 Å². The molecule has 3 nitrogen and oxygen atoms in total. The lowest BCUT2D eigenvalue weighted by Crippen LogP contribution is -2.43. The zero-order chi connectivity index (χ0) is 11.8. The normalized spacial score (nSPS) is 18.9. The van der Waals surface area contributed by atoms with Gasteiger partial charge in [-0.05, 0) is 37.5 Å². The highest BCUT2D eigenvalue weighted by Gasteiger charge is 2.46. The molecule has 3 N–H and O–H groups in total. The van der Waals surface area contributed by atoms with E-state index < -0.39 is 5.54 Å². The van der Waals surface area contributed by atoms with Crippen LogP contribution in [0.25, 0.3) is 0 Å². The fourth-order valence-electron chi connectivity index (χ4n) is 1.54. The van der Waals surface area contributed by atoms with E-state index in [0.717, 1.165) is 22.9 Å². The van der Waals surface area contributed by atoms with Gasteiger partial charge in [0.15, 0.2) is 0 Å². The Kier molecular flexibility index (Phi) is 3.04. The summed E-state index contributed by atoms with van der Waals surface area (Å²) in [6.07, 6.45) is 1.60. The third kappa shape index (κ3) is 2.44. The summed E-state index contributed by atoms with van der Waals surface area (Å²) in [6.45, 7) is 1.97. The Morgan fingerprint density at radius 1 is 1.44 bits per heavy atom. The van der Waals surface area contributed by atoms with Crippen molar-refractivity contribution in [2.45, 2.75) is 31.3 Å². The first-order chi connectivity index (χ1) is 7.51. The van der Waals surface area contributed by atoms with Crippen LogP contribution in [0, 0.1) is 0 Å². The van der Waals surface area contributed by atoms with Gasteiger partial charge in [-0.25, -0.2) is 0 Å². The molecule has 0 bridgehead atoms. The Balaban J connectivity index is 2.00. The molecule has 2 rings (SSSR count). The van der Waals surface area contributed by atoms with Gasteiger partial charge in [0.25, 0.3) is 0 Å². The Hall–Kier alpha value is -0.870. The first kappa shape index (κ1) is 11.6. The van der Waals surface area contributed by atoms with Gasteiger partial charge in [-0.15, -0.1) is 0 Å². The minimum absolute atomic E-state index is 0.00150. The van der Waals surface area contributed by atoms with Crippen LogP contribution in [0.2, 0.25) is 0 Å². The number of carbonyl (C=O) groups excluding carboxylic acids is 1. The van der Waals surface area contributed by atoms with E-state index in [0.29, 0.717) is 0 Å². The Morgan fingerprint density at radius 3 is 2.50 bits per heavy atom. The molecule has 1 atom stereocenters. The smallest absolute Gasteiger partial charge is 0.240 e. The molecule has 0 spiro atoms. The van der Waals surface area contributed by atoms with Crippen molar-refractivity contribution in [3.63, 3.8) is 0 Å². The monoisotopic (exact) mass is 282 g/mol.